The van der Waals surface area contributed by atoms with Gasteiger partial charge in [0.15, 0.2) is 0 Å². The highest BCUT2D eigenvalue weighted by molar-refractivity contribution is 5.81. The number of aromatic amines is 1. The average Bonchev–Trinajstić information content (AvgIpc) is 3.42. The van der Waals surface area contributed by atoms with Crippen LogP contribution < -0.4 is 15.5 Å². The van der Waals surface area contributed by atoms with Crippen molar-refractivity contribution in [2.45, 2.75) is 26.2 Å². The fraction of sp³-hybridized carbons (Fsp3) is 0.290. The van der Waals surface area contributed by atoms with Crippen LogP contribution in [-0.2, 0) is 5.92 Å². The predicted molar refractivity (Wildman–Crippen MR) is 162 cm³/mol. The molecule has 0 aliphatic carbocycles. The highest BCUT2D eigenvalue weighted by Crippen LogP contribution is 2.39. The maximum absolute atomic E-state index is 15.9. The number of anilines is 4. The molecule has 3 N–H and O–H groups in total. The van der Waals surface area contributed by atoms with Crippen molar-refractivity contribution < 1.29 is 13.2 Å². The number of fused-ring (bicyclic) bond motifs is 1. The van der Waals surface area contributed by atoms with E-state index in [1.165, 1.54) is 49.0 Å². The molecule has 0 amide bonds. The number of halogens is 3. The fourth-order valence-electron chi connectivity index (χ4n) is 4.42. The van der Waals surface area contributed by atoms with E-state index in [0.29, 0.717) is 22.8 Å². The van der Waals surface area contributed by atoms with E-state index in [9.17, 15) is 0 Å². The Kier molecular flexibility index (Phi) is 9.34. The second-order valence-corrected chi connectivity index (χ2v) is 9.93. The molecule has 10 heteroatoms. The summed E-state index contributed by atoms with van der Waals surface area (Å²) in [5, 5.41) is 6.01. The summed E-state index contributed by atoms with van der Waals surface area (Å²) in [7, 11) is 2.03. The van der Waals surface area contributed by atoms with Crippen molar-refractivity contribution in [3.63, 3.8) is 0 Å². The minimum Gasteiger partial charge on any atom is -0.367 e. The summed E-state index contributed by atoms with van der Waals surface area (Å²) in [5.74, 6) is -3.93. The van der Waals surface area contributed by atoms with Crippen molar-refractivity contribution in [1.82, 2.24) is 19.9 Å². The lowest BCUT2D eigenvalue weighted by molar-refractivity contribution is 0.0399. The smallest absolute Gasteiger partial charge is 0.315 e. The van der Waals surface area contributed by atoms with Crippen LogP contribution in [0, 0.1) is 5.82 Å². The molecular weight excluding hydrogens is 527 g/mol. The van der Waals surface area contributed by atoms with E-state index in [2.05, 4.69) is 57.5 Å². The molecule has 7 nitrogen and oxygen atoms in total. The van der Waals surface area contributed by atoms with Gasteiger partial charge in [-0.1, -0.05) is 45.6 Å². The van der Waals surface area contributed by atoms with Crippen molar-refractivity contribution in [3.05, 3.63) is 96.7 Å². The fourth-order valence-corrected chi connectivity index (χ4v) is 4.42. The van der Waals surface area contributed by atoms with Gasteiger partial charge in [0.25, 0.3) is 0 Å². The largest absolute Gasteiger partial charge is 0.367 e. The van der Waals surface area contributed by atoms with Crippen LogP contribution in [0.25, 0.3) is 11.0 Å². The number of nitrogens with one attached hydrogen (secondary N) is 3. The second-order valence-electron chi connectivity index (χ2n) is 9.93. The van der Waals surface area contributed by atoms with Crippen molar-refractivity contribution in [2.24, 2.45) is 0 Å². The standard InChI is InChI=1S/C28H28F3N7.C3H8/c1-4-18(2)33-20-7-5-6-19(16-20)28(30,31)25-22-10-11-32-26(22)36-27(35-25)34-21-8-9-24(23(29)17-21)38-14-12-37(3)13-15-38;1-3-2/h4-11,16-17,33H,1-2,12-15H2,3H3,(H2,32,34,35,36);3H2,1-2H3. The zero-order valence-electron chi connectivity index (χ0n) is 23.6. The van der Waals surface area contributed by atoms with Crippen molar-refractivity contribution in [1.29, 1.82) is 0 Å². The number of hydrogen-bond acceptors (Lipinski definition) is 6. The Morgan fingerprint density at radius 2 is 1.78 bits per heavy atom. The summed E-state index contributed by atoms with van der Waals surface area (Å²) in [6.45, 7) is 14.8. The quantitative estimate of drug-likeness (QED) is 0.196. The molecule has 2 aromatic carbocycles. The summed E-state index contributed by atoms with van der Waals surface area (Å²) in [5.41, 5.74) is 1.30. The molecule has 41 heavy (non-hydrogen) atoms. The van der Waals surface area contributed by atoms with Gasteiger partial charge >= 0.3 is 5.92 Å². The van der Waals surface area contributed by atoms with E-state index in [1.807, 2.05) is 11.9 Å². The van der Waals surface area contributed by atoms with E-state index in [1.54, 1.807) is 18.2 Å². The molecule has 216 valence electrons. The van der Waals surface area contributed by atoms with E-state index in [0.717, 1.165) is 26.2 Å². The molecule has 1 fully saturated rings. The number of H-pyrrole nitrogens is 1. The molecule has 1 saturated heterocycles. The number of aromatic nitrogens is 3. The number of piperazine rings is 1. The molecule has 2 aromatic heterocycles. The van der Waals surface area contributed by atoms with Gasteiger partial charge < -0.3 is 25.4 Å². The highest BCUT2D eigenvalue weighted by atomic mass is 19.3. The van der Waals surface area contributed by atoms with Gasteiger partial charge in [0, 0.05) is 60.4 Å². The number of nitrogens with zero attached hydrogens (tertiary/aromatic N) is 4. The zero-order chi connectivity index (χ0) is 29.6. The molecule has 1 aliphatic rings. The Hall–Kier alpha value is -4.31. The Balaban J connectivity index is 0.00000124. The van der Waals surface area contributed by atoms with Crippen LogP contribution in [0.2, 0.25) is 0 Å². The van der Waals surface area contributed by atoms with Crippen LogP contribution in [0.3, 0.4) is 0 Å². The Labute approximate surface area is 238 Å². The van der Waals surface area contributed by atoms with Gasteiger partial charge in [0.1, 0.15) is 17.2 Å². The first-order valence-corrected chi connectivity index (χ1v) is 13.6. The molecular formula is C31H36F3N7. The van der Waals surface area contributed by atoms with Crippen LogP contribution >= 0.6 is 0 Å². The van der Waals surface area contributed by atoms with Gasteiger partial charge in [0.05, 0.1) is 5.69 Å². The molecule has 0 atom stereocenters. The van der Waals surface area contributed by atoms with Crippen LogP contribution in [0.5, 0.6) is 0 Å². The number of likely N-dealkylation sites (N-methyl/N-ethyl adjacent to an activating group) is 1. The van der Waals surface area contributed by atoms with Gasteiger partial charge in [-0.15, -0.1) is 0 Å². The van der Waals surface area contributed by atoms with E-state index in [4.69, 9.17) is 0 Å². The maximum atomic E-state index is 15.9. The average molecular weight is 564 g/mol. The molecule has 0 spiro atoms. The first kappa shape index (κ1) is 29.7. The third kappa shape index (κ3) is 6.89. The normalized spacial score (nSPS) is 13.9. The summed E-state index contributed by atoms with van der Waals surface area (Å²) < 4.78 is 46.8. The van der Waals surface area contributed by atoms with Crippen LogP contribution in [0.4, 0.5) is 36.2 Å². The number of allylic oxidation sites excluding steroid dienone is 1. The number of alkyl halides is 2. The van der Waals surface area contributed by atoms with E-state index >= 15 is 13.2 Å². The van der Waals surface area contributed by atoms with Crippen molar-refractivity contribution >= 4 is 34.0 Å². The molecule has 3 heterocycles. The molecule has 0 unspecified atom stereocenters. The minimum atomic E-state index is -3.45. The summed E-state index contributed by atoms with van der Waals surface area (Å²) >= 11 is 0. The summed E-state index contributed by atoms with van der Waals surface area (Å²) in [4.78, 5) is 15.6. The van der Waals surface area contributed by atoms with Gasteiger partial charge in [-0.25, -0.2) is 9.37 Å². The number of hydrogen-bond donors (Lipinski definition) is 3. The first-order valence-electron chi connectivity index (χ1n) is 13.6. The maximum Gasteiger partial charge on any atom is 0.315 e. The lowest BCUT2D eigenvalue weighted by Gasteiger charge is -2.34. The van der Waals surface area contributed by atoms with Gasteiger partial charge in [-0.05, 0) is 49.5 Å². The monoisotopic (exact) mass is 563 g/mol. The van der Waals surface area contributed by atoms with Crippen LogP contribution in [0.1, 0.15) is 31.5 Å². The summed E-state index contributed by atoms with van der Waals surface area (Å²) in [6.07, 6.45) is 4.27. The van der Waals surface area contributed by atoms with Gasteiger partial charge in [0.2, 0.25) is 5.95 Å². The second kappa shape index (κ2) is 12.9. The van der Waals surface area contributed by atoms with Crippen molar-refractivity contribution in [3.8, 4) is 0 Å². The Morgan fingerprint density at radius 1 is 1.05 bits per heavy atom. The molecule has 1 aliphatic heterocycles. The topological polar surface area (TPSA) is 72.1 Å². The van der Waals surface area contributed by atoms with Crippen LogP contribution in [0.15, 0.2) is 79.7 Å². The van der Waals surface area contributed by atoms with E-state index in [-0.39, 0.29) is 22.5 Å². The van der Waals surface area contributed by atoms with Gasteiger partial charge in [-0.2, -0.15) is 13.8 Å². The molecule has 5 rings (SSSR count). The van der Waals surface area contributed by atoms with Crippen LogP contribution in [-0.4, -0.2) is 53.1 Å². The van der Waals surface area contributed by atoms with Crippen molar-refractivity contribution in [2.75, 3.05) is 48.8 Å². The zero-order valence-corrected chi connectivity index (χ0v) is 23.6. The van der Waals surface area contributed by atoms with Gasteiger partial charge in [-0.3, -0.25) is 0 Å². The molecule has 0 saturated carbocycles. The third-order valence-corrected chi connectivity index (χ3v) is 6.54. The Bertz CT molecular complexity index is 1510. The van der Waals surface area contributed by atoms with E-state index < -0.39 is 17.4 Å². The lowest BCUT2D eigenvalue weighted by Crippen LogP contribution is -2.44. The SMILES string of the molecule is C=CC(=C)Nc1cccc(C(F)(F)c2nc(Nc3ccc(N4CCN(C)CC4)c(F)c3)nc3[nH]ccc23)c1.CCC. The predicted octanol–water partition coefficient (Wildman–Crippen LogP) is 7.26. The molecule has 0 bridgehead atoms. The Morgan fingerprint density at radius 3 is 2.46 bits per heavy atom. The number of benzene rings is 2. The molecule has 4 aromatic rings. The summed E-state index contributed by atoms with van der Waals surface area (Å²) in [6, 6.07) is 12.1. The highest BCUT2D eigenvalue weighted by Gasteiger charge is 2.38. The third-order valence-electron chi connectivity index (χ3n) is 6.54. The minimum absolute atomic E-state index is 0.0734. The number of rotatable bonds is 8. The lowest BCUT2D eigenvalue weighted by atomic mass is 10.0. The first-order chi connectivity index (χ1) is 19.7. The molecule has 0 radical (unpaired) electrons.